The molecule has 0 aliphatic carbocycles. The Balaban J connectivity index is 1.62. The number of benzene rings is 2. The molecule has 0 bridgehead atoms. The predicted octanol–water partition coefficient (Wildman–Crippen LogP) is 3.67. The molecule has 3 aromatic rings. The Morgan fingerprint density at radius 2 is 2.07 bits per heavy atom. The molecule has 0 unspecified atom stereocenters. The molecule has 150 valence electrons. The molecule has 1 heterocycles. The molecular weight excluding hydrogens is 416 g/mol. The molecule has 29 heavy (non-hydrogen) atoms. The molecule has 0 aliphatic rings. The fraction of sp³-hybridized carbons (Fsp3) is 0.158. The number of rotatable bonds is 6. The molecule has 0 radical (unpaired) electrons. The molecule has 0 spiro atoms. The maximum absolute atomic E-state index is 11.7. The highest BCUT2D eigenvalue weighted by Gasteiger charge is 2.12. The Morgan fingerprint density at radius 3 is 2.83 bits per heavy atom. The fourth-order valence-corrected chi connectivity index (χ4v) is 2.74. The van der Waals surface area contributed by atoms with Crippen LogP contribution in [-0.4, -0.2) is 35.4 Å². The molecule has 0 saturated heterocycles. The van der Waals surface area contributed by atoms with Crippen LogP contribution in [0.2, 0.25) is 5.02 Å². The molecule has 10 heteroatoms. The monoisotopic (exact) mass is 432 g/mol. The number of hydrogen-bond acceptors (Lipinski definition) is 7. The number of ether oxygens (including phenoxy) is 2. The highest BCUT2D eigenvalue weighted by molar-refractivity contribution is 7.80. The zero-order valence-electron chi connectivity index (χ0n) is 15.6. The average molecular weight is 433 g/mol. The van der Waals surface area contributed by atoms with E-state index < -0.39 is 5.97 Å². The van der Waals surface area contributed by atoms with E-state index in [1.165, 1.54) is 7.11 Å². The van der Waals surface area contributed by atoms with Gasteiger partial charge in [-0.05, 0) is 42.5 Å². The van der Waals surface area contributed by atoms with Crippen molar-refractivity contribution in [1.82, 2.24) is 15.5 Å². The lowest BCUT2D eigenvalue weighted by atomic mass is 10.2. The molecule has 2 N–H and O–H groups in total. The van der Waals surface area contributed by atoms with E-state index in [9.17, 15) is 4.79 Å². The van der Waals surface area contributed by atoms with Crippen LogP contribution in [0, 0.1) is 0 Å². The second kappa shape index (κ2) is 9.35. The maximum atomic E-state index is 11.7. The second-order valence-electron chi connectivity index (χ2n) is 5.74. The van der Waals surface area contributed by atoms with Gasteiger partial charge < -0.3 is 24.6 Å². The maximum Gasteiger partial charge on any atom is 0.337 e. The number of nitrogens with zero attached hydrogens (tertiary/aromatic N) is 2. The van der Waals surface area contributed by atoms with Crippen LogP contribution in [0.3, 0.4) is 0 Å². The van der Waals surface area contributed by atoms with Crippen molar-refractivity contribution < 1.29 is 18.8 Å². The van der Waals surface area contributed by atoms with Gasteiger partial charge in [-0.15, -0.1) is 0 Å². The molecule has 0 aliphatic heterocycles. The van der Waals surface area contributed by atoms with Gasteiger partial charge in [0.25, 0.3) is 0 Å². The first-order chi connectivity index (χ1) is 14.0. The van der Waals surface area contributed by atoms with Crippen molar-refractivity contribution in [1.29, 1.82) is 0 Å². The van der Waals surface area contributed by atoms with Crippen LogP contribution in [0.5, 0.6) is 5.75 Å². The first-order valence-electron chi connectivity index (χ1n) is 8.40. The van der Waals surface area contributed by atoms with Crippen molar-refractivity contribution in [3.63, 3.8) is 0 Å². The van der Waals surface area contributed by atoms with Gasteiger partial charge in [-0.3, -0.25) is 0 Å². The molecule has 3 rings (SSSR count). The lowest BCUT2D eigenvalue weighted by Gasteiger charge is -2.11. The second-order valence-corrected chi connectivity index (χ2v) is 6.55. The summed E-state index contributed by atoms with van der Waals surface area (Å²) in [5.41, 5.74) is 1.59. The summed E-state index contributed by atoms with van der Waals surface area (Å²) in [6.45, 7) is 0.205. The fourth-order valence-electron chi connectivity index (χ4n) is 2.39. The summed E-state index contributed by atoms with van der Waals surface area (Å²) in [6, 6.07) is 12.0. The van der Waals surface area contributed by atoms with E-state index in [0.29, 0.717) is 33.7 Å². The third-order valence-corrected chi connectivity index (χ3v) is 4.41. The highest BCUT2D eigenvalue weighted by atomic mass is 35.5. The molecular formula is C19H17ClN4O4S. The van der Waals surface area contributed by atoms with Crippen molar-refractivity contribution in [2.75, 3.05) is 19.5 Å². The number of carbonyl (C=O) groups is 1. The summed E-state index contributed by atoms with van der Waals surface area (Å²) in [5.74, 6) is 1.01. The van der Waals surface area contributed by atoms with E-state index in [-0.39, 0.29) is 11.7 Å². The van der Waals surface area contributed by atoms with E-state index in [1.807, 2.05) is 24.3 Å². The largest absolute Gasteiger partial charge is 0.497 e. The molecule has 8 nitrogen and oxygen atoms in total. The van der Waals surface area contributed by atoms with Crippen LogP contribution in [0.25, 0.3) is 11.4 Å². The van der Waals surface area contributed by atoms with Crippen LogP contribution in [-0.2, 0) is 11.3 Å². The Hall–Kier alpha value is -3.17. The van der Waals surface area contributed by atoms with Crippen LogP contribution in [0.4, 0.5) is 5.69 Å². The number of halogens is 1. The van der Waals surface area contributed by atoms with Gasteiger partial charge in [0.05, 0.1) is 37.0 Å². The zero-order chi connectivity index (χ0) is 20.8. The lowest BCUT2D eigenvalue weighted by Crippen LogP contribution is -2.28. The summed E-state index contributed by atoms with van der Waals surface area (Å²) in [4.78, 5) is 16.0. The average Bonchev–Trinajstić information content (AvgIpc) is 3.22. The van der Waals surface area contributed by atoms with E-state index >= 15 is 0 Å². The molecule has 0 saturated carbocycles. The van der Waals surface area contributed by atoms with Crippen molar-refractivity contribution >= 4 is 40.6 Å². The minimum Gasteiger partial charge on any atom is -0.497 e. The van der Waals surface area contributed by atoms with E-state index in [4.69, 9.17) is 37.8 Å². The zero-order valence-corrected chi connectivity index (χ0v) is 17.1. The summed E-state index contributed by atoms with van der Waals surface area (Å²) in [7, 11) is 2.90. The van der Waals surface area contributed by atoms with Crippen LogP contribution < -0.4 is 15.4 Å². The van der Waals surface area contributed by atoms with Gasteiger partial charge in [0.2, 0.25) is 11.7 Å². The van der Waals surface area contributed by atoms with E-state index in [0.717, 1.165) is 5.56 Å². The number of nitrogens with one attached hydrogen (secondary N) is 2. The number of thiocarbonyl (C=S) groups is 1. The predicted molar refractivity (Wildman–Crippen MR) is 112 cm³/mol. The Morgan fingerprint density at radius 1 is 1.24 bits per heavy atom. The minimum absolute atomic E-state index is 0.205. The van der Waals surface area contributed by atoms with Crippen LogP contribution in [0.1, 0.15) is 16.2 Å². The molecule has 0 amide bonds. The third kappa shape index (κ3) is 5.21. The highest BCUT2D eigenvalue weighted by Crippen LogP contribution is 2.24. The Bertz CT molecular complexity index is 1040. The minimum atomic E-state index is -0.473. The molecule has 1 aromatic heterocycles. The smallest absolute Gasteiger partial charge is 0.337 e. The lowest BCUT2D eigenvalue weighted by molar-refractivity contribution is 0.0601. The van der Waals surface area contributed by atoms with Gasteiger partial charge >= 0.3 is 5.97 Å². The normalized spacial score (nSPS) is 10.3. The van der Waals surface area contributed by atoms with Crippen LogP contribution >= 0.6 is 23.8 Å². The Labute approximate surface area is 177 Å². The van der Waals surface area contributed by atoms with Gasteiger partial charge in [0, 0.05) is 5.56 Å². The van der Waals surface area contributed by atoms with Gasteiger partial charge in [0.15, 0.2) is 5.11 Å². The molecule has 0 atom stereocenters. The van der Waals surface area contributed by atoms with E-state index in [1.54, 1.807) is 25.3 Å². The van der Waals surface area contributed by atoms with E-state index in [2.05, 4.69) is 20.8 Å². The number of carbonyl (C=O) groups excluding carboxylic acids is 1. The van der Waals surface area contributed by atoms with Crippen molar-refractivity contribution in [3.05, 3.63) is 58.9 Å². The molecule has 2 aromatic carbocycles. The van der Waals surface area contributed by atoms with Crippen molar-refractivity contribution in [2.24, 2.45) is 0 Å². The number of esters is 1. The summed E-state index contributed by atoms with van der Waals surface area (Å²) < 4.78 is 15.1. The number of anilines is 1. The first-order valence-corrected chi connectivity index (χ1v) is 9.18. The van der Waals surface area contributed by atoms with Crippen molar-refractivity contribution in [3.8, 4) is 17.1 Å². The Kier molecular flexibility index (Phi) is 6.63. The first kappa shape index (κ1) is 20.6. The summed E-state index contributed by atoms with van der Waals surface area (Å²) >= 11 is 11.4. The van der Waals surface area contributed by atoms with Gasteiger partial charge in [-0.25, -0.2) is 4.79 Å². The number of hydrogen-bond donors (Lipinski definition) is 2. The van der Waals surface area contributed by atoms with Gasteiger partial charge in [-0.1, -0.05) is 28.9 Å². The van der Waals surface area contributed by atoms with Gasteiger partial charge in [-0.2, -0.15) is 4.98 Å². The SMILES string of the molecule is COC(=O)c1ccc(Cl)c(NC(=S)NCc2nc(-c3cccc(OC)c3)no2)c1. The van der Waals surface area contributed by atoms with Crippen molar-refractivity contribution in [2.45, 2.75) is 6.54 Å². The standard InChI is InChI=1S/C19H17ClN4O4S/c1-26-13-5-3-4-11(8-13)17-23-16(28-24-17)10-21-19(29)22-15-9-12(18(25)27-2)6-7-14(15)20/h3-9H,10H2,1-2H3,(H2,21,22,29). The number of methoxy groups -OCH3 is 2. The topological polar surface area (TPSA) is 98.5 Å². The quantitative estimate of drug-likeness (QED) is 0.446. The third-order valence-electron chi connectivity index (χ3n) is 3.83. The summed E-state index contributed by atoms with van der Waals surface area (Å²) in [5, 5.41) is 10.5. The summed E-state index contributed by atoms with van der Waals surface area (Å²) in [6.07, 6.45) is 0. The van der Waals surface area contributed by atoms with Gasteiger partial charge in [0.1, 0.15) is 5.75 Å². The number of aromatic nitrogens is 2. The molecule has 0 fully saturated rings. The van der Waals surface area contributed by atoms with Crippen LogP contribution in [0.15, 0.2) is 47.0 Å².